The van der Waals surface area contributed by atoms with E-state index in [1.807, 2.05) is 6.07 Å². The van der Waals surface area contributed by atoms with Gasteiger partial charge in [0, 0.05) is 18.7 Å². The lowest BCUT2D eigenvalue weighted by atomic mass is 10.2. The lowest BCUT2D eigenvalue weighted by Crippen LogP contribution is -2.22. The number of amides is 1. The fraction of sp³-hybridized carbons (Fsp3) is 0.100. The number of benzene rings is 1. The molecule has 0 aliphatic carbocycles. The molecule has 152 valence electrons. The number of carbonyl (C=O) groups is 2. The summed E-state index contributed by atoms with van der Waals surface area (Å²) in [6.45, 7) is 1.50. The Labute approximate surface area is 173 Å². The maximum Gasteiger partial charge on any atom is 0.341 e. The van der Waals surface area contributed by atoms with Crippen LogP contribution >= 0.6 is 11.3 Å². The van der Waals surface area contributed by atoms with Gasteiger partial charge in [0.1, 0.15) is 5.56 Å². The summed E-state index contributed by atoms with van der Waals surface area (Å²) in [5.74, 6) is -2.36. The number of para-hydroxylation sites is 2. The molecule has 0 aliphatic heterocycles. The Morgan fingerprint density at radius 3 is 2.73 bits per heavy atom. The molecule has 0 radical (unpaired) electrons. The fourth-order valence-electron chi connectivity index (χ4n) is 3.23. The summed E-state index contributed by atoms with van der Waals surface area (Å²) >= 11 is 1.14. The zero-order valence-corrected chi connectivity index (χ0v) is 16.5. The van der Waals surface area contributed by atoms with E-state index in [0.717, 1.165) is 11.3 Å². The predicted molar refractivity (Wildman–Crippen MR) is 112 cm³/mol. The summed E-state index contributed by atoms with van der Waals surface area (Å²) < 4.78 is 3.21. The van der Waals surface area contributed by atoms with E-state index in [-0.39, 0.29) is 18.0 Å². The second kappa shape index (κ2) is 7.48. The molecule has 4 aromatic rings. The number of carboxylic acids is 1. The molecule has 0 spiro atoms. The number of anilines is 1. The Kier molecular flexibility index (Phi) is 4.84. The van der Waals surface area contributed by atoms with Crippen molar-refractivity contribution < 1.29 is 19.8 Å². The standard InChI is InChI=1S/C20H16N4O5S/c1-11(25)22-13-4-2-3-5-14(13)24-10-12(8-21-24)9-23-15-6-7-30-18(15)16(20(28)29)17(26)19(23)27/h2-8,10,26H,9H2,1H3,(H,22,25)(H,28,29). The second-order valence-corrected chi connectivity index (χ2v) is 7.46. The van der Waals surface area contributed by atoms with Gasteiger partial charge in [0.05, 0.1) is 34.3 Å². The predicted octanol–water partition coefficient (Wildman–Crippen LogP) is 2.66. The van der Waals surface area contributed by atoms with Gasteiger partial charge < -0.3 is 15.5 Å². The molecule has 0 atom stereocenters. The van der Waals surface area contributed by atoms with Crippen LogP contribution in [-0.4, -0.2) is 36.4 Å². The first-order valence-electron chi connectivity index (χ1n) is 8.83. The van der Waals surface area contributed by atoms with Crippen molar-refractivity contribution in [2.45, 2.75) is 13.5 Å². The van der Waals surface area contributed by atoms with Gasteiger partial charge >= 0.3 is 5.97 Å². The molecule has 30 heavy (non-hydrogen) atoms. The van der Waals surface area contributed by atoms with Crippen LogP contribution in [0.15, 0.2) is 52.9 Å². The van der Waals surface area contributed by atoms with Crippen molar-refractivity contribution in [3.8, 4) is 11.4 Å². The molecule has 0 unspecified atom stereocenters. The molecule has 3 aromatic heterocycles. The van der Waals surface area contributed by atoms with Crippen LogP contribution in [0.1, 0.15) is 22.8 Å². The van der Waals surface area contributed by atoms with Crippen LogP contribution in [0, 0.1) is 0 Å². The highest BCUT2D eigenvalue weighted by Crippen LogP contribution is 2.29. The van der Waals surface area contributed by atoms with Gasteiger partial charge in [0.15, 0.2) is 5.75 Å². The number of thiophene rings is 1. The van der Waals surface area contributed by atoms with Gasteiger partial charge in [0.25, 0.3) is 5.56 Å². The van der Waals surface area contributed by atoms with Crippen LogP contribution in [-0.2, 0) is 11.3 Å². The number of aromatic carboxylic acids is 1. The van der Waals surface area contributed by atoms with Gasteiger partial charge in [-0.25, -0.2) is 9.48 Å². The molecule has 1 amide bonds. The zero-order chi connectivity index (χ0) is 21.4. The molecule has 0 aliphatic rings. The van der Waals surface area contributed by atoms with Crippen LogP contribution < -0.4 is 10.9 Å². The summed E-state index contributed by atoms with van der Waals surface area (Å²) in [4.78, 5) is 35.6. The number of aromatic nitrogens is 3. The number of nitrogens with zero attached hydrogens (tertiary/aromatic N) is 3. The van der Waals surface area contributed by atoms with Crippen LogP contribution in [0.3, 0.4) is 0 Å². The number of rotatable bonds is 5. The molecule has 0 bridgehead atoms. The van der Waals surface area contributed by atoms with Crippen molar-refractivity contribution in [2.24, 2.45) is 0 Å². The van der Waals surface area contributed by atoms with E-state index in [1.165, 1.54) is 11.5 Å². The Bertz CT molecular complexity index is 1350. The van der Waals surface area contributed by atoms with E-state index in [9.17, 15) is 24.6 Å². The number of hydrogen-bond acceptors (Lipinski definition) is 6. The molecule has 3 N–H and O–H groups in total. The topological polar surface area (TPSA) is 126 Å². The van der Waals surface area contributed by atoms with Crippen molar-refractivity contribution >= 4 is 39.1 Å². The summed E-state index contributed by atoms with van der Waals surface area (Å²) in [7, 11) is 0. The van der Waals surface area contributed by atoms with Gasteiger partial charge in [-0.3, -0.25) is 14.2 Å². The van der Waals surface area contributed by atoms with Gasteiger partial charge in [-0.05, 0) is 23.6 Å². The highest BCUT2D eigenvalue weighted by Gasteiger charge is 2.22. The van der Waals surface area contributed by atoms with Gasteiger partial charge in [-0.1, -0.05) is 12.1 Å². The molecule has 0 saturated carbocycles. The molecule has 0 saturated heterocycles. The normalized spacial score (nSPS) is 11.0. The van der Waals surface area contributed by atoms with Crippen LogP contribution in [0.5, 0.6) is 5.75 Å². The summed E-state index contributed by atoms with van der Waals surface area (Å²) in [5.41, 5.74) is 1.14. The second-order valence-electron chi connectivity index (χ2n) is 6.55. The largest absolute Gasteiger partial charge is 0.502 e. The molecule has 9 nitrogen and oxygen atoms in total. The van der Waals surface area contributed by atoms with Crippen LogP contribution in [0.25, 0.3) is 15.9 Å². The molecule has 10 heteroatoms. The van der Waals surface area contributed by atoms with Crippen LogP contribution in [0.2, 0.25) is 0 Å². The lowest BCUT2D eigenvalue weighted by Gasteiger charge is -2.10. The van der Waals surface area contributed by atoms with Crippen molar-refractivity contribution in [1.82, 2.24) is 14.3 Å². The Morgan fingerprint density at radius 2 is 2.00 bits per heavy atom. The maximum atomic E-state index is 12.6. The Morgan fingerprint density at radius 1 is 1.23 bits per heavy atom. The maximum absolute atomic E-state index is 12.6. The van der Waals surface area contributed by atoms with Gasteiger partial charge in [0.2, 0.25) is 5.91 Å². The van der Waals surface area contributed by atoms with Crippen LogP contribution in [0.4, 0.5) is 5.69 Å². The minimum Gasteiger partial charge on any atom is -0.502 e. The van der Waals surface area contributed by atoms with E-state index in [0.29, 0.717) is 27.2 Å². The number of pyridine rings is 1. The number of aromatic hydroxyl groups is 1. The summed E-state index contributed by atoms with van der Waals surface area (Å²) in [6, 6.07) is 8.78. The average Bonchev–Trinajstić information content (AvgIpc) is 3.35. The first-order chi connectivity index (χ1) is 14.4. The molecular weight excluding hydrogens is 408 g/mol. The van der Waals surface area contributed by atoms with Crippen molar-refractivity contribution in [1.29, 1.82) is 0 Å². The average molecular weight is 424 g/mol. The van der Waals surface area contributed by atoms with E-state index in [4.69, 9.17) is 0 Å². The monoisotopic (exact) mass is 424 g/mol. The minimum absolute atomic E-state index is 0.0851. The SMILES string of the molecule is CC(=O)Nc1ccccc1-n1cc(Cn2c(=O)c(O)c(C(=O)O)c3sccc32)cn1. The van der Waals surface area contributed by atoms with Crippen molar-refractivity contribution in [3.63, 3.8) is 0 Å². The summed E-state index contributed by atoms with van der Waals surface area (Å²) in [6.07, 6.45) is 3.27. The van der Waals surface area contributed by atoms with E-state index >= 15 is 0 Å². The third kappa shape index (κ3) is 3.33. The van der Waals surface area contributed by atoms with Crippen molar-refractivity contribution in [2.75, 3.05) is 5.32 Å². The third-order valence-electron chi connectivity index (χ3n) is 4.50. The zero-order valence-electron chi connectivity index (χ0n) is 15.7. The Balaban J connectivity index is 1.75. The van der Waals surface area contributed by atoms with E-state index in [2.05, 4.69) is 10.4 Å². The smallest absolute Gasteiger partial charge is 0.341 e. The van der Waals surface area contributed by atoms with E-state index in [1.54, 1.807) is 46.7 Å². The number of carboxylic acid groups (broad SMARTS) is 1. The minimum atomic E-state index is -1.36. The highest BCUT2D eigenvalue weighted by molar-refractivity contribution is 7.17. The fourth-order valence-corrected chi connectivity index (χ4v) is 4.17. The number of fused-ring (bicyclic) bond motifs is 1. The molecule has 1 aromatic carbocycles. The van der Waals surface area contributed by atoms with Gasteiger partial charge in [-0.2, -0.15) is 5.10 Å². The van der Waals surface area contributed by atoms with E-state index < -0.39 is 17.3 Å². The third-order valence-corrected chi connectivity index (χ3v) is 5.42. The first kappa shape index (κ1) is 19.4. The van der Waals surface area contributed by atoms with Gasteiger partial charge in [-0.15, -0.1) is 11.3 Å². The number of hydrogen-bond donors (Lipinski definition) is 3. The summed E-state index contributed by atoms with van der Waals surface area (Å²) in [5, 5.41) is 28.3. The number of carbonyl (C=O) groups excluding carboxylic acids is 1. The highest BCUT2D eigenvalue weighted by atomic mass is 32.1. The quantitative estimate of drug-likeness (QED) is 0.452. The van der Waals surface area contributed by atoms with Crippen molar-refractivity contribution in [3.05, 3.63) is 69.6 Å². The lowest BCUT2D eigenvalue weighted by molar-refractivity contribution is -0.114. The first-order valence-corrected chi connectivity index (χ1v) is 9.71. The molecular formula is C20H16N4O5S. The Hall–Kier alpha value is -3.92. The molecule has 4 rings (SSSR count). The number of nitrogens with one attached hydrogen (secondary N) is 1. The molecule has 3 heterocycles. The molecule has 0 fully saturated rings.